The largest absolute Gasteiger partial charge is 0.392 e. The molecule has 2 aromatic rings. The van der Waals surface area contributed by atoms with E-state index in [4.69, 9.17) is 0 Å². The molecule has 0 bridgehead atoms. The molecule has 1 fully saturated rings. The van der Waals surface area contributed by atoms with E-state index in [-0.39, 0.29) is 6.10 Å². The van der Waals surface area contributed by atoms with E-state index >= 15 is 0 Å². The number of hydrogen-bond acceptors (Lipinski definition) is 2. The zero-order valence-corrected chi connectivity index (χ0v) is 10.0. The van der Waals surface area contributed by atoms with Crippen molar-refractivity contribution in [2.24, 2.45) is 0 Å². The molecule has 1 aliphatic carbocycles. The molecule has 1 aromatic carbocycles. The highest BCUT2D eigenvalue weighted by atomic mass is 32.1. The zero-order chi connectivity index (χ0) is 11.0. The molecule has 84 valence electrons. The van der Waals surface area contributed by atoms with Crippen molar-refractivity contribution in [1.82, 2.24) is 0 Å². The Morgan fingerprint density at radius 2 is 1.94 bits per heavy atom. The van der Waals surface area contributed by atoms with Gasteiger partial charge in [0.05, 0.1) is 6.10 Å². The van der Waals surface area contributed by atoms with Crippen molar-refractivity contribution in [3.05, 3.63) is 35.2 Å². The van der Waals surface area contributed by atoms with E-state index in [1.54, 1.807) is 0 Å². The maximum atomic E-state index is 10.1. The van der Waals surface area contributed by atoms with Crippen LogP contribution in [0.4, 0.5) is 0 Å². The van der Waals surface area contributed by atoms with Crippen LogP contribution in [0.15, 0.2) is 30.3 Å². The van der Waals surface area contributed by atoms with Crippen LogP contribution in [0.2, 0.25) is 0 Å². The van der Waals surface area contributed by atoms with E-state index in [0.717, 1.165) is 12.8 Å². The highest BCUT2D eigenvalue weighted by Gasteiger charge is 2.25. The van der Waals surface area contributed by atoms with Crippen LogP contribution in [0.25, 0.3) is 10.1 Å². The number of fused-ring (bicyclic) bond motifs is 1. The summed E-state index contributed by atoms with van der Waals surface area (Å²) in [7, 11) is 0. The van der Waals surface area contributed by atoms with Gasteiger partial charge in [-0.05, 0) is 30.4 Å². The smallest absolute Gasteiger partial charge is 0.0616 e. The minimum absolute atomic E-state index is 0.123. The second-order valence-corrected chi connectivity index (χ2v) is 5.76. The minimum atomic E-state index is -0.123. The fourth-order valence-electron chi connectivity index (χ4n) is 2.63. The average molecular weight is 232 g/mol. The van der Waals surface area contributed by atoms with Crippen molar-refractivity contribution in [2.75, 3.05) is 0 Å². The van der Waals surface area contributed by atoms with Gasteiger partial charge in [-0.3, -0.25) is 0 Å². The first kappa shape index (κ1) is 10.3. The monoisotopic (exact) mass is 232 g/mol. The van der Waals surface area contributed by atoms with Gasteiger partial charge >= 0.3 is 0 Å². The molecule has 1 nitrogen and oxygen atoms in total. The van der Waals surface area contributed by atoms with Gasteiger partial charge in [0, 0.05) is 15.5 Å². The number of aliphatic hydroxyl groups is 1. The molecule has 1 heterocycles. The van der Waals surface area contributed by atoms with Gasteiger partial charge in [-0.2, -0.15) is 0 Å². The molecular weight excluding hydrogens is 216 g/mol. The molecule has 3 rings (SSSR count). The minimum Gasteiger partial charge on any atom is -0.392 e. The predicted molar refractivity (Wildman–Crippen MR) is 69.0 cm³/mol. The van der Waals surface area contributed by atoms with Gasteiger partial charge in [0.15, 0.2) is 0 Å². The quantitative estimate of drug-likeness (QED) is 0.790. The summed E-state index contributed by atoms with van der Waals surface area (Å²) >= 11 is 1.85. The maximum absolute atomic E-state index is 10.1. The molecule has 0 amide bonds. The number of hydrogen-bond donors (Lipinski definition) is 1. The Hall–Kier alpha value is -0.860. The van der Waals surface area contributed by atoms with Crippen LogP contribution < -0.4 is 0 Å². The van der Waals surface area contributed by atoms with Gasteiger partial charge in [0.25, 0.3) is 0 Å². The third kappa shape index (κ3) is 1.76. The normalized spacial score (nSPS) is 26.1. The number of aliphatic hydroxyl groups excluding tert-OH is 1. The lowest BCUT2D eigenvalue weighted by Gasteiger charge is -2.26. The van der Waals surface area contributed by atoms with Crippen molar-refractivity contribution in [3.63, 3.8) is 0 Å². The lowest BCUT2D eigenvalue weighted by atomic mass is 9.85. The summed E-state index contributed by atoms with van der Waals surface area (Å²) < 4.78 is 1.34. The molecule has 1 aliphatic rings. The Bertz CT molecular complexity index is 455. The Balaban J connectivity index is 1.98. The van der Waals surface area contributed by atoms with Crippen LogP contribution in [0, 0.1) is 0 Å². The van der Waals surface area contributed by atoms with Crippen molar-refractivity contribution >= 4 is 21.4 Å². The molecule has 1 N–H and O–H groups in total. The summed E-state index contributed by atoms with van der Waals surface area (Å²) in [6, 6.07) is 10.7. The van der Waals surface area contributed by atoms with E-state index in [0.29, 0.717) is 5.92 Å². The summed E-state index contributed by atoms with van der Waals surface area (Å²) in [4.78, 5) is 1.37. The Kier molecular flexibility index (Phi) is 2.70. The van der Waals surface area contributed by atoms with Crippen molar-refractivity contribution in [1.29, 1.82) is 0 Å². The van der Waals surface area contributed by atoms with E-state index < -0.39 is 0 Å². The molecule has 0 saturated heterocycles. The van der Waals surface area contributed by atoms with Gasteiger partial charge in [-0.15, -0.1) is 11.3 Å². The van der Waals surface area contributed by atoms with Gasteiger partial charge < -0.3 is 5.11 Å². The molecule has 2 atom stereocenters. The molecule has 16 heavy (non-hydrogen) atoms. The van der Waals surface area contributed by atoms with Crippen LogP contribution in [0.5, 0.6) is 0 Å². The maximum Gasteiger partial charge on any atom is 0.0616 e. The molecule has 0 aliphatic heterocycles. The number of benzene rings is 1. The van der Waals surface area contributed by atoms with Crippen LogP contribution in [-0.2, 0) is 0 Å². The highest BCUT2D eigenvalue weighted by molar-refractivity contribution is 7.19. The molecule has 1 saturated carbocycles. The van der Waals surface area contributed by atoms with Crippen LogP contribution in [0.3, 0.4) is 0 Å². The third-order valence-electron chi connectivity index (χ3n) is 3.54. The summed E-state index contributed by atoms with van der Waals surface area (Å²) in [5, 5.41) is 11.4. The van der Waals surface area contributed by atoms with Gasteiger partial charge in [-0.1, -0.05) is 31.0 Å². The molecule has 2 heteroatoms. The predicted octanol–water partition coefficient (Wildman–Crippen LogP) is 3.92. The SMILES string of the molecule is O[C@@H]1CCCC[C@H]1c1cc2ccccc2s1. The molecule has 0 radical (unpaired) electrons. The second-order valence-electron chi connectivity index (χ2n) is 4.64. The van der Waals surface area contributed by atoms with Gasteiger partial charge in [0.2, 0.25) is 0 Å². The molecule has 0 spiro atoms. The van der Waals surface area contributed by atoms with Crippen LogP contribution in [-0.4, -0.2) is 11.2 Å². The first-order valence-corrected chi connectivity index (χ1v) is 6.83. The fraction of sp³-hybridized carbons (Fsp3) is 0.429. The first-order chi connectivity index (χ1) is 7.84. The zero-order valence-electron chi connectivity index (χ0n) is 9.23. The van der Waals surface area contributed by atoms with E-state index in [1.807, 2.05) is 11.3 Å². The lowest BCUT2D eigenvalue weighted by molar-refractivity contribution is 0.107. The summed E-state index contributed by atoms with van der Waals surface area (Å²) in [6.45, 7) is 0. The van der Waals surface area contributed by atoms with Crippen molar-refractivity contribution < 1.29 is 5.11 Å². The van der Waals surface area contributed by atoms with Gasteiger partial charge in [0.1, 0.15) is 0 Å². The van der Waals surface area contributed by atoms with E-state index in [2.05, 4.69) is 30.3 Å². The van der Waals surface area contributed by atoms with E-state index in [1.165, 1.54) is 27.8 Å². The van der Waals surface area contributed by atoms with Crippen molar-refractivity contribution in [2.45, 2.75) is 37.7 Å². The van der Waals surface area contributed by atoms with Crippen LogP contribution in [0.1, 0.15) is 36.5 Å². The highest BCUT2D eigenvalue weighted by Crippen LogP contribution is 2.38. The average Bonchev–Trinajstić information content (AvgIpc) is 2.73. The van der Waals surface area contributed by atoms with Gasteiger partial charge in [-0.25, -0.2) is 0 Å². The third-order valence-corrected chi connectivity index (χ3v) is 4.79. The van der Waals surface area contributed by atoms with E-state index in [9.17, 15) is 5.11 Å². The fourth-order valence-corrected chi connectivity index (χ4v) is 3.89. The summed E-state index contributed by atoms with van der Waals surface area (Å²) in [5.41, 5.74) is 0. The Morgan fingerprint density at radius 1 is 1.12 bits per heavy atom. The van der Waals surface area contributed by atoms with Crippen LogP contribution >= 0.6 is 11.3 Å². The number of rotatable bonds is 1. The molecule has 1 aromatic heterocycles. The molecular formula is C14H16OS. The standard InChI is InChI=1S/C14H16OS/c15-12-7-3-2-6-11(12)14-9-10-5-1-4-8-13(10)16-14/h1,4-5,8-9,11-12,15H,2-3,6-7H2/t11-,12-/m1/s1. The Morgan fingerprint density at radius 3 is 2.75 bits per heavy atom. The van der Waals surface area contributed by atoms with Crippen molar-refractivity contribution in [3.8, 4) is 0 Å². The summed E-state index contributed by atoms with van der Waals surface area (Å²) in [5.74, 6) is 0.381. The molecule has 0 unspecified atom stereocenters. The lowest BCUT2D eigenvalue weighted by Crippen LogP contribution is -2.21. The number of thiophene rings is 1. The second kappa shape index (κ2) is 4.19. The topological polar surface area (TPSA) is 20.2 Å². The summed E-state index contributed by atoms with van der Waals surface area (Å²) in [6.07, 6.45) is 4.44. The first-order valence-electron chi connectivity index (χ1n) is 6.01. The Labute approximate surface area is 99.7 Å².